The molecule has 0 atom stereocenters. The van der Waals surface area contributed by atoms with Crippen molar-refractivity contribution in [2.45, 2.75) is 13.1 Å². The summed E-state index contributed by atoms with van der Waals surface area (Å²) in [6.45, 7) is 1.62. The van der Waals surface area contributed by atoms with E-state index in [2.05, 4.69) is 36.2 Å². The number of rotatable bonds is 1. The predicted octanol–water partition coefficient (Wildman–Crippen LogP) is 1.39. The molecular weight excluding hydrogens is 374 g/mol. The molecule has 1 aliphatic heterocycles. The van der Waals surface area contributed by atoms with Crippen molar-refractivity contribution in [1.82, 2.24) is 34.3 Å². The fourth-order valence-electron chi connectivity index (χ4n) is 2.42. The van der Waals surface area contributed by atoms with Gasteiger partial charge in [-0.15, -0.1) is 10.2 Å². The lowest BCUT2D eigenvalue weighted by Gasteiger charge is -2.26. The van der Waals surface area contributed by atoms with E-state index in [0.717, 1.165) is 5.82 Å². The van der Waals surface area contributed by atoms with Crippen LogP contribution in [-0.4, -0.2) is 46.7 Å². The Hall–Kier alpha value is -2.00. The molecule has 1 amide bonds. The minimum atomic E-state index is -0.160. The summed E-state index contributed by atoms with van der Waals surface area (Å²) in [7, 11) is 0. The van der Waals surface area contributed by atoms with Gasteiger partial charge in [0.05, 0.1) is 17.8 Å². The second kappa shape index (κ2) is 5.03. The van der Waals surface area contributed by atoms with E-state index in [9.17, 15) is 4.79 Å². The van der Waals surface area contributed by atoms with Crippen LogP contribution < -0.4 is 0 Å². The molecule has 22 heavy (non-hydrogen) atoms. The zero-order valence-electron chi connectivity index (χ0n) is 11.1. The highest BCUT2D eigenvalue weighted by Gasteiger charge is 2.26. The highest BCUT2D eigenvalue weighted by Crippen LogP contribution is 2.18. The van der Waals surface area contributed by atoms with Gasteiger partial charge in [0.25, 0.3) is 5.91 Å². The second-order valence-electron chi connectivity index (χ2n) is 4.87. The van der Waals surface area contributed by atoms with E-state index in [1.54, 1.807) is 17.2 Å². The Balaban J connectivity index is 1.63. The maximum atomic E-state index is 12.6. The summed E-state index contributed by atoms with van der Waals surface area (Å²) in [5.74, 6) is 0.586. The monoisotopic (exact) mass is 381 g/mol. The number of carbonyl (C=O) groups is 1. The third-order valence-electron chi connectivity index (χ3n) is 3.50. The Morgan fingerprint density at radius 3 is 3.05 bits per heavy atom. The normalized spacial score (nSPS) is 14.4. The van der Waals surface area contributed by atoms with Crippen molar-refractivity contribution >= 4 is 39.1 Å². The molecule has 0 N–H and O–H groups in total. The molecule has 0 radical (unpaired) electrons. The molecule has 10 heteroatoms. The highest BCUT2D eigenvalue weighted by molar-refractivity contribution is 9.10. The summed E-state index contributed by atoms with van der Waals surface area (Å²) < 4.78 is 4.12. The SMILES string of the molecule is O=C(c1cc2ncc(Cl)cn2n1)N1CCn2c(Br)nnc2C1. The average molecular weight is 383 g/mol. The second-order valence-corrected chi connectivity index (χ2v) is 6.01. The van der Waals surface area contributed by atoms with Crippen LogP contribution in [0.4, 0.5) is 0 Å². The molecule has 0 saturated heterocycles. The van der Waals surface area contributed by atoms with Crippen LogP contribution >= 0.6 is 27.5 Å². The molecule has 0 unspecified atom stereocenters. The largest absolute Gasteiger partial charge is 0.328 e. The van der Waals surface area contributed by atoms with Gasteiger partial charge in [-0.1, -0.05) is 11.6 Å². The van der Waals surface area contributed by atoms with Crippen LogP contribution in [-0.2, 0) is 13.1 Å². The molecular formula is C12H9BrClN7O. The van der Waals surface area contributed by atoms with Gasteiger partial charge in [0, 0.05) is 25.4 Å². The first kappa shape index (κ1) is 13.6. The van der Waals surface area contributed by atoms with E-state index in [4.69, 9.17) is 11.6 Å². The number of carbonyl (C=O) groups excluding carboxylic acids is 1. The van der Waals surface area contributed by atoms with Gasteiger partial charge in [-0.3, -0.25) is 4.79 Å². The Bertz CT molecular complexity index is 889. The number of fused-ring (bicyclic) bond motifs is 2. The zero-order chi connectivity index (χ0) is 15.3. The van der Waals surface area contributed by atoms with E-state index in [0.29, 0.717) is 40.7 Å². The maximum Gasteiger partial charge on any atom is 0.274 e. The molecule has 1 aliphatic rings. The van der Waals surface area contributed by atoms with Crippen LogP contribution in [0.25, 0.3) is 5.65 Å². The molecule has 0 saturated carbocycles. The Labute approximate surface area is 137 Å². The fraction of sp³-hybridized carbons (Fsp3) is 0.250. The van der Waals surface area contributed by atoms with Crippen LogP contribution in [0.3, 0.4) is 0 Å². The Kier molecular flexibility index (Phi) is 3.12. The number of aromatic nitrogens is 6. The summed E-state index contributed by atoms with van der Waals surface area (Å²) in [6, 6.07) is 1.65. The van der Waals surface area contributed by atoms with Gasteiger partial charge in [0.1, 0.15) is 0 Å². The number of halogens is 2. The lowest BCUT2D eigenvalue weighted by atomic mass is 10.3. The Morgan fingerprint density at radius 2 is 2.18 bits per heavy atom. The summed E-state index contributed by atoms with van der Waals surface area (Å²) >= 11 is 9.21. The molecule has 8 nitrogen and oxygen atoms in total. The zero-order valence-corrected chi connectivity index (χ0v) is 13.5. The predicted molar refractivity (Wildman–Crippen MR) is 80.5 cm³/mol. The first-order valence-electron chi connectivity index (χ1n) is 6.49. The van der Waals surface area contributed by atoms with Crippen LogP contribution in [0.1, 0.15) is 16.3 Å². The van der Waals surface area contributed by atoms with Crippen molar-refractivity contribution in [3.05, 3.63) is 39.7 Å². The lowest BCUT2D eigenvalue weighted by Crippen LogP contribution is -2.38. The van der Waals surface area contributed by atoms with E-state index in [1.807, 2.05) is 4.57 Å². The fourth-order valence-corrected chi connectivity index (χ4v) is 3.02. The number of nitrogens with zero attached hydrogens (tertiary/aromatic N) is 7. The molecule has 4 rings (SSSR count). The number of hydrogen-bond acceptors (Lipinski definition) is 5. The molecule has 0 fully saturated rings. The quantitative estimate of drug-likeness (QED) is 0.635. The first-order valence-corrected chi connectivity index (χ1v) is 7.67. The molecule has 112 valence electrons. The smallest absolute Gasteiger partial charge is 0.274 e. The molecule has 0 aliphatic carbocycles. The third kappa shape index (κ3) is 2.17. The molecule has 0 bridgehead atoms. The van der Waals surface area contributed by atoms with E-state index < -0.39 is 0 Å². The van der Waals surface area contributed by atoms with E-state index >= 15 is 0 Å². The summed E-state index contributed by atoms with van der Waals surface area (Å²) in [5.41, 5.74) is 0.914. The van der Waals surface area contributed by atoms with Crippen molar-refractivity contribution in [2.24, 2.45) is 0 Å². The maximum absolute atomic E-state index is 12.6. The van der Waals surface area contributed by atoms with Gasteiger partial charge >= 0.3 is 0 Å². The van der Waals surface area contributed by atoms with Crippen molar-refractivity contribution in [2.75, 3.05) is 6.54 Å². The van der Waals surface area contributed by atoms with E-state index in [1.165, 1.54) is 10.7 Å². The van der Waals surface area contributed by atoms with Crippen LogP contribution in [0.5, 0.6) is 0 Å². The summed E-state index contributed by atoms with van der Waals surface area (Å²) in [6.07, 6.45) is 3.14. The molecule has 4 heterocycles. The molecule has 3 aromatic rings. The number of amides is 1. The lowest BCUT2D eigenvalue weighted by molar-refractivity contribution is 0.0700. The summed E-state index contributed by atoms with van der Waals surface area (Å²) in [4.78, 5) is 18.4. The van der Waals surface area contributed by atoms with Crippen molar-refractivity contribution < 1.29 is 4.79 Å². The van der Waals surface area contributed by atoms with Gasteiger partial charge < -0.3 is 9.47 Å². The molecule has 0 spiro atoms. The number of hydrogen-bond donors (Lipinski definition) is 0. The van der Waals surface area contributed by atoms with Gasteiger partial charge in [-0.2, -0.15) is 5.10 Å². The van der Waals surface area contributed by atoms with Crippen molar-refractivity contribution in [1.29, 1.82) is 0 Å². The standard InChI is InChI=1S/C12H9BrClN7O/c13-12-17-16-10-6-19(1-2-20(10)12)11(22)8-3-9-15-4-7(14)5-21(9)18-8/h3-5H,1-2,6H2. The van der Waals surface area contributed by atoms with Gasteiger partial charge in [0.15, 0.2) is 21.9 Å². The molecule has 0 aromatic carbocycles. The van der Waals surface area contributed by atoms with Crippen LogP contribution in [0, 0.1) is 0 Å². The first-order chi connectivity index (χ1) is 10.6. The average Bonchev–Trinajstić information content (AvgIpc) is 3.09. The van der Waals surface area contributed by atoms with E-state index in [-0.39, 0.29) is 5.91 Å². The minimum Gasteiger partial charge on any atom is -0.328 e. The highest BCUT2D eigenvalue weighted by atomic mass is 79.9. The van der Waals surface area contributed by atoms with Crippen molar-refractivity contribution in [3.8, 4) is 0 Å². The van der Waals surface area contributed by atoms with Crippen LogP contribution in [0.2, 0.25) is 5.02 Å². The van der Waals surface area contributed by atoms with Gasteiger partial charge in [-0.25, -0.2) is 9.50 Å². The van der Waals surface area contributed by atoms with Gasteiger partial charge in [-0.05, 0) is 15.9 Å². The third-order valence-corrected chi connectivity index (χ3v) is 4.28. The van der Waals surface area contributed by atoms with Crippen molar-refractivity contribution in [3.63, 3.8) is 0 Å². The minimum absolute atomic E-state index is 0.160. The topological polar surface area (TPSA) is 81.2 Å². The molecule has 3 aromatic heterocycles. The Morgan fingerprint density at radius 1 is 1.32 bits per heavy atom. The van der Waals surface area contributed by atoms with Gasteiger partial charge in [0.2, 0.25) is 0 Å². The summed E-state index contributed by atoms with van der Waals surface area (Å²) in [5, 5.41) is 12.7. The van der Waals surface area contributed by atoms with Crippen LogP contribution in [0.15, 0.2) is 23.2 Å².